The number of alkyl carbamates (subject to hydrolysis) is 2. The standard InChI is InChI=1S/C59H79N9O15S4/c1-8-67-46-22-20-42(86(73,74)75)37-44(46)58(4,5)48(67)17-11-9-12-18-49-59(6,7)45-38-43(87(76,77)78)21-23-47(45)68(49)29-14-10-13-19-50(69)61-27-33-79-35-36-80-34-28-63-56(72)83-32-25-57(2,3)85-84-40-81-30-15-16-31-82-55(71)62-26-24-41-39-64-52-51(41)53(70)66-54(60)65-52/h9,11-12,17-18,20-23,37-39H,8,10,13-16,19,25,27-36,40H2,1-7H3,(H8-,60,61,62,63,64,65,66,69,70,71,72,73,74,75,76,77,78)/p+1. The summed E-state index contributed by atoms with van der Waals surface area (Å²) >= 11 is 0. The lowest BCUT2D eigenvalue weighted by atomic mass is 9.81. The number of nitrogen functional groups attached to an aromatic ring is 1. The molecule has 2 aliphatic heterocycles. The number of unbranched alkanes of at least 4 members (excludes halogenated alkanes) is 3. The first-order valence-corrected chi connectivity index (χ1v) is 33.7. The average molecular weight is 1280 g/mol. The number of amides is 3. The van der Waals surface area contributed by atoms with Gasteiger partial charge in [-0.1, -0.05) is 53.7 Å². The van der Waals surface area contributed by atoms with Crippen LogP contribution >= 0.6 is 21.6 Å². The van der Waals surface area contributed by atoms with Gasteiger partial charge in [0.2, 0.25) is 17.5 Å². The molecule has 0 spiro atoms. The number of carbonyl (C=O) groups excluding carboxylic acids is 3. The summed E-state index contributed by atoms with van der Waals surface area (Å²) in [7, 11) is -5.64. The molecular formula is C59H80N9O15S4+. The molecule has 0 atom stereocenters. The van der Waals surface area contributed by atoms with Crippen molar-refractivity contribution in [1.82, 2.24) is 30.9 Å². The molecule has 87 heavy (non-hydrogen) atoms. The van der Waals surface area contributed by atoms with Crippen molar-refractivity contribution in [2.75, 3.05) is 89.0 Å². The lowest BCUT2D eigenvalue weighted by Crippen LogP contribution is -2.30. The van der Waals surface area contributed by atoms with E-state index in [0.717, 1.165) is 46.8 Å². The number of allylic oxidation sites excluding steroid dienone is 6. The van der Waals surface area contributed by atoms with Gasteiger partial charge in [0, 0.05) is 90.6 Å². The summed E-state index contributed by atoms with van der Waals surface area (Å²) in [6.45, 7) is 18.1. The molecule has 2 aliphatic rings. The molecular weight excluding hydrogens is 1200 g/mol. The Morgan fingerprint density at radius 3 is 2.21 bits per heavy atom. The summed E-state index contributed by atoms with van der Waals surface area (Å²) in [5.74, 6) is 3.03. The number of anilines is 2. The Labute approximate surface area is 516 Å². The third-order valence-electron chi connectivity index (χ3n) is 14.3. The van der Waals surface area contributed by atoms with Crippen molar-refractivity contribution in [3.8, 4) is 12.0 Å². The SMILES string of the molecule is CCN1\C(=C/C=C/C=C/C2=[N+](CCCCCC(=O)NCCOCCOCCNC(=O)OCCC(C)(C)SSCOCCCCOC(=O)NC#Cc3c[nH]c4nc(N)[nH]c(=O)c34)c3ccc(S(=O)(=O)O)cc3C2(C)C)C(C)(C)c2cc(S(=O)(=O)O)ccc21. The number of aromatic amines is 2. The minimum atomic E-state index is -4.45. The van der Waals surface area contributed by atoms with E-state index in [1.807, 2.05) is 65.0 Å². The van der Waals surface area contributed by atoms with E-state index in [1.165, 1.54) is 30.5 Å². The number of nitrogens with one attached hydrogen (secondary N) is 5. The number of nitrogens with two attached hydrogens (primary N) is 1. The first kappa shape index (κ1) is 69.4. The number of hydrogen-bond donors (Lipinski definition) is 8. The van der Waals surface area contributed by atoms with Crippen LogP contribution in [0.5, 0.6) is 0 Å². The largest absolute Gasteiger partial charge is 0.450 e. The van der Waals surface area contributed by atoms with Gasteiger partial charge in [-0.2, -0.15) is 26.4 Å². The fourth-order valence-electron chi connectivity index (χ4n) is 9.77. The average Bonchev–Trinajstić information content (AvgIpc) is 1.61. The van der Waals surface area contributed by atoms with E-state index in [0.29, 0.717) is 89.7 Å². The van der Waals surface area contributed by atoms with Gasteiger partial charge in [0.25, 0.3) is 25.8 Å². The number of rotatable bonds is 33. The van der Waals surface area contributed by atoms with Crippen LogP contribution in [-0.2, 0) is 59.5 Å². The normalized spacial score (nSPS) is 15.0. The van der Waals surface area contributed by atoms with Gasteiger partial charge in [-0.25, -0.2) is 14.9 Å². The van der Waals surface area contributed by atoms with Crippen LogP contribution in [0.15, 0.2) is 93.3 Å². The van der Waals surface area contributed by atoms with E-state index in [4.69, 9.17) is 29.4 Å². The molecule has 474 valence electrons. The Balaban J connectivity index is 0.783. The highest BCUT2D eigenvalue weighted by Gasteiger charge is 2.45. The lowest BCUT2D eigenvalue weighted by molar-refractivity contribution is -0.438. The first-order chi connectivity index (χ1) is 41.2. The summed E-state index contributed by atoms with van der Waals surface area (Å²) in [6, 6.07) is 11.8. The second-order valence-corrected chi connectivity index (χ2v) is 27.7. The van der Waals surface area contributed by atoms with Crippen molar-refractivity contribution in [2.45, 2.75) is 119 Å². The number of aromatic nitrogens is 3. The van der Waals surface area contributed by atoms with Crippen molar-refractivity contribution in [3.05, 3.63) is 106 Å². The highest BCUT2D eigenvalue weighted by atomic mass is 33.1. The monoisotopic (exact) mass is 1280 g/mol. The number of H-pyrrole nitrogens is 2. The van der Waals surface area contributed by atoms with Crippen molar-refractivity contribution in [1.29, 1.82) is 0 Å². The zero-order chi connectivity index (χ0) is 63.4. The van der Waals surface area contributed by atoms with Gasteiger partial charge in [0.1, 0.15) is 18.1 Å². The van der Waals surface area contributed by atoms with Crippen molar-refractivity contribution in [2.24, 2.45) is 0 Å². The highest BCUT2D eigenvalue weighted by molar-refractivity contribution is 8.77. The minimum absolute atomic E-state index is 0.0224. The molecule has 9 N–H and O–H groups in total. The second kappa shape index (κ2) is 32.0. The Morgan fingerprint density at radius 2 is 1.49 bits per heavy atom. The van der Waals surface area contributed by atoms with Crippen LogP contribution in [0, 0.1) is 12.0 Å². The topological polar surface area (TPSA) is 336 Å². The molecule has 3 amide bonds. The van der Waals surface area contributed by atoms with Crippen molar-refractivity contribution < 1.29 is 68.6 Å². The molecule has 0 fully saturated rings. The molecule has 0 aliphatic carbocycles. The third kappa shape index (κ3) is 20.2. The van der Waals surface area contributed by atoms with Crippen LogP contribution in [0.25, 0.3) is 11.0 Å². The zero-order valence-electron chi connectivity index (χ0n) is 50.1. The predicted molar refractivity (Wildman–Crippen MR) is 337 cm³/mol. The number of fused-ring (bicyclic) bond motifs is 3. The summed E-state index contributed by atoms with van der Waals surface area (Å²) < 4.78 is 97.1. The smallest absolute Gasteiger partial charge is 0.418 e. The van der Waals surface area contributed by atoms with Gasteiger partial charge in [-0.15, -0.1) is 0 Å². The van der Waals surface area contributed by atoms with Crippen molar-refractivity contribution in [3.63, 3.8) is 0 Å². The number of benzene rings is 2. The number of carbonyl (C=O) groups is 3. The van der Waals surface area contributed by atoms with Gasteiger partial charge >= 0.3 is 12.2 Å². The number of nitrogens with zero attached hydrogens (tertiary/aromatic N) is 3. The third-order valence-corrected chi connectivity index (χ3v) is 19.0. The molecule has 0 radical (unpaired) electrons. The molecule has 24 nitrogen and oxygen atoms in total. The van der Waals surface area contributed by atoms with E-state index in [2.05, 4.69) is 66.2 Å². The molecule has 28 heteroatoms. The van der Waals surface area contributed by atoms with Crippen LogP contribution in [0.3, 0.4) is 0 Å². The van der Waals surface area contributed by atoms with Crippen molar-refractivity contribution >= 4 is 94.0 Å². The van der Waals surface area contributed by atoms with Crippen LogP contribution in [-0.4, -0.2) is 152 Å². The molecule has 0 bridgehead atoms. The maximum Gasteiger partial charge on any atom is 0.418 e. The summed E-state index contributed by atoms with van der Waals surface area (Å²) in [5.41, 5.74) is 9.67. The Kier molecular flexibility index (Phi) is 25.5. The fraction of sp³-hybridized carbons (Fsp3) is 0.492. The van der Waals surface area contributed by atoms with E-state index < -0.39 is 48.8 Å². The van der Waals surface area contributed by atoms with Gasteiger partial charge in [-0.05, 0) is 115 Å². The van der Waals surface area contributed by atoms with E-state index in [9.17, 15) is 45.1 Å². The molecule has 2 aromatic heterocycles. The summed E-state index contributed by atoms with van der Waals surface area (Å²) in [6.07, 6.45) is 14.3. The van der Waals surface area contributed by atoms with Gasteiger partial charge in [-0.3, -0.25) is 23.7 Å². The first-order valence-electron chi connectivity index (χ1n) is 28.5. The van der Waals surface area contributed by atoms with Gasteiger partial charge in [0.05, 0.1) is 65.8 Å². The second-order valence-electron chi connectivity index (χ2n) is 21.9. The predicted octanol–water partition coefficient (Wildman–Crippen LogP) is 7.99. The van der Waals surface area contributed by atoms with E-state index in [-0.39, 0.29) is 63.8 Å². The van der Waals surface area contributed by atoms with Gasteiger partial charge in [0.15, 0.2) is 5.71 Å². The number of ether oxygens (including phenoxy) is 5. The van der Waals surface area contributed by atoms with Gasteiger partial charge < -0.3 is 49.9 Å². The number of likely N-dealkylation sites (N-methyl/N-ethyl adjacent to an activating group) is 1. The fourth-order valence-corrected chi connectivity index (χ4v) is 13.1. The Hall–Kier alpha value is -6.68. The quantitative estimate of drug-likeness (QED) is 0.00327. The maximum absolute atomic E-state index is 12.7. The Bertz CT molecular complexity index is 3570. The molecule has 0 saturated heterocycles. The summed E-state index contributed by atoms with van der Waals surface area (Å²) in [5, 5.41) is 8.12. The molecule has 4 heterocycles. The Morgan fingerprint density at radius 1 is 0.816 bits per heavy atom. The van der Waals surface area contributed by atoms with E-state index in [1.54, 1.807) is 33.7 Å². The van der Waals surface area contributed by atoms with E-state index >= 15 is 0 Å². The zero-order valence-corrected chi connectivity index (χ0v) is 53.4. The highest BCUT2D eigenvalue weighted by Crippen LogP contribution is 2.48. The minimum Gasteiger partial charge on any atom is -0.450 e. The molecule has 4 aromatic rings. The number of hydrogen-bond acceptors (Lipinski definition) is 18. The van der Waals surface area contributed by atoms with Crippen LogP contribution in [0.1, 0.15) is 110 Å². The van der Waals surface area contributed by atoms with Crippen LogP contribution in [0.2, 0.25) is 0 Å². The molecule has 6 rings (SSSR count). The lowest BCUT2D eigenvalue weighted by Gasteiger charge is -2.25. The maximum atomic E-state index is 12.7. The van der Waals surface area contributed by atoms with Crippen LogP contribution in [0.4, 0.5) is 26.9 Å². The van der Waals surface area contributed by atoms with Crippen LogP contribution < -0.4 is 32.1 Å². The molecule has 2 aromatic carbocycles. The molecule has 0 saturated carbocycles. The molecule has 0 unspecified atom stereocenters. The summed E-state index contributed by atoms with van der Waals surface area (Å²) in [4.78, 5) is 59.9.